The van der Waals surface area contributed by atoms with Gasteiger partial charge in [0.1, 0.15) is 5.44 Å². The third-order valence-corrected chi connectivity index (χ3v) is 2.46. The predicted molar refractivity (Wildman–Crippen MR) is 59.1 cm³/mol. The molecular weight excluding hydrogens is 184 g/mol. The second kappa shape index (κ2) is 5.89. The summed E-state index contributed by atoms with van der Waals surface area (Å²) in [5.41, 5.74) is -0.143. The fourth-order valence-corrected chi connectivity index (χ4v) is 1.29. The van der Waals surface area contributed by atoms with Crippen LogP contribution in [-0.4, -0.2) is 17.3 Å². The van der Waals surface area contributed by atoms with Gasteiger partial charge in [0.25, 0.3) is 0 Å². The summed E-state index contributed by atoms with van der Waals surface area (Å²) >= 11 is 4.14. The maximum atomic E-state index is 5.78. The lowest BCUT2D eigenvalue weighted by Crippen LogP contribution is -2.33. The first-order valence-corrected chi connectivity index (χ1v) is 5.46. The Kier molecular flexibility index (Phi) is 6.01. The molecule has 0 aliphatic carbocycles. The zero-order valence-corrected chi connectivity index (χ0v) is 10.2. The highest BCUT2D eigenvalue weighted by Crippen LogP contribution is 2.22. The molecule has 0 aromatic rings. The fraction of sp³-hybridized carbons (Fsp3) is 1.00. The highest BCUT2D eigenvalue weighted by atomic mass is 32.1. The van der Waals surface area contributed by atoms with Crippen molar-refractivity contribution in [3.8, 4) is 0 Å². The van der Waals surface area contributed by atoms with Crippen molar-refractivity contribution in [3.05, 3.63) is 0 Å². The van der Waals surface area contributed by atoms with Crippen molar-refractivity contribution in [1.29, 1.82) is 0 Å². The summed E-state index contributed by atoms with van der Waals surface area (Å²) in [4.78, 5) is 0. The predicted octanol–water partition coefficient (Wildman–Crippen LogP) is 3.22. The SMILES string of the molecule is CCC(C)(CC)OC(C)OC(C)S. The quantitative estimate of drug-likeness (QED) is 0.531. The molecule has 0 aromatic carbocycles. The monoisotopic (exact) mass is 206 g/mol. The van der Waals surface area contributed by atoms with Gasteiger partial charge in [0.15, 0.2) is 6.29 Å². The summed E-state index contributed by atoms with van der Waals surface area (Å²) in [5, 5.41) is 0. The Hall–Kier alpha value is 0.270. The molecule has 0 spiro atoms. The van der Waals surface area contributed by atoms with Gasteiger partial charge in [-0.25, -0.2) is 0 Å². The van der Waals surface area contributed by atoms with E-state index in [4.69, 9.17) is 9.47 Å². The van der Waals surface area contributed by atoms with Crippen LogP contribution in [0.5, 0.6) is 0 Å². The van der Waals surface area contributed by atoms with Crippen molar-refractivity contribution in [1.82, 2.24) is 0 Å². The smallest absolute Gasteiger partial charge is 0.157 e. The van der Waals surface area contributed by atoms with Crippen LogP contribution in [0.25, 0.3) is 0 Å². The summed E-state index contributed by atoms with van der Waals surface area (Å²) in [6.45, 7) is 10.2. The van der Waals surface area contributed by atoms with E-state index < -0.39 is 0 Å². The van der Waals surface area contributed by atoms with Gasteiger partial charge in [0, 0.05) is 0 Å². The minimum atomic E-state index is -0.183. The molecule has 0 fully saturated rings. The zero-order valence-electron chi connectivity index (χ0n) is 9.33. The highest BCUT2D eigenvalue weighted by Gasteiger charge is 2.23. The van der Waals surface area contributed by atoms with Gasteiger partial charge in [-0.1, -0.05) is 13.8 Å². The van der Waals surface area contributed by atoms with Gasteiger partial charge in [0.05, 0.1) is 5.60 Å². The second-order valence-electron chi connectivity index (χ2n) is 3.58. The van der Waals surface area contributed by atoms with Gasteiger partial charge in [-0.3, -0.25) is 0 Å². The Labute approximate surface area is 87.4 Å². The van der Waals surface area contributed by atoms with Crippen molar-refractivity contribution in [3.63, 3.8) is 0 Å². The van der Waals surface area contributed by atoms with Crippen LogP contribution in [0.1, 0.15) is 47.5 Å². The summed E-state index contributed by atoms with van der Waals surface area (Å²) in [7, 11) is 0. The van der Waals surface area contributed by atoms with Crippen molar-refractivity contribution >= 4 is 12.6 Å². The van der Waals surface area contributed by atoms with Crippen molar-refractivity contribution in [2.45, 2.75) is 64.8 Å². The highest BCUT2D eigenvalue weighted by molar-refractivity contribution is 7.80. The number of thiol groups is 1. The molecule has 80 valence electrons. The van der Waals surface area contributed by atoms with Gasteiger partial charge in [-0.2, -0.15) is 0 Å². The van der Waals surface area contributed by atoms with Gasteiger partial charge < -0.3 is 9.47 Å². The molecule has 0 radical (unpaired) electrons. The molecule has 0 bridgehead atoms. The van der Waals surface area contributed by atoms with Crippen molar-refractivity contribution < 1.29 is 9.47 Å². The maximum absolute atomic E-state index is 5.78. The molecule has 2 nitrogen and oxygen atoms in total. The molecule has 0 saturated carbocycles. The second-order valence-corrected chi connectivity index (χ2v) is 4.31. The minimum absolute atomic E-state index is 0.0674. The summed E-state index contributed by atoms with van der Waals surface area (Å²) in [6, 6.07) is 0. The zero-order chi connectivity index (χ0) is 10.5. The molecule has 0 aliphatic rings. The third kappa shape index (κ3) is 5.55. The van der Waals surface area contributed by atoms with E-state index in [0.29, 0.717) is 0 Å². The topological polar surface area (TPSA) is 18.5 Å². The summed E-state index contributed by atoms with van der Waals surface area (Å²) in [5.74, 6) is 0. The van der Waals surface area contributed by atoms with E-state index in [9.17, 15) is 0 Å². The van der Waals surface area contributed by atoms with E-state index in [0.717, 1.165) is 12.8 Å². The fourth-order valence-electron chi connectivity index (χ4n) is 1.12. The normalized spacial score (nSPS) is 17.1. The number of ether oxygens (including phenoxy) is 2. The molecule has 2 unspecified atom stereocenters. The third-order valence-electron chi connectivity index (χ3n) is 2.33. The van der Waals surface area contributed by atoms with Gasteiger partial charge in [-0.05, 0) is 33.6 Å². The van der Waals surface area contributed by atoms with Crippen LogP contribution in [-0.2, 0) is 9.47 Å². The standard InChI is InChI=1S/C10H22O2S/c1-6-10(5,7-2)12-8(3)11-9(4)13/h8-9,13H,6-7H2,1-5H3. The van der Waals surface area contributed by atoms with E-state index in [1.165, 1.54) is 0 Å². The van der Waals surface area contributed by atoms with Crippen LogP contribution in [0.15, 0.2) is 0 Å². The Morgan fingerprint density at radius 3 is 2.00 bits per heavy atom. The first-order chi connectivity index (χ1) is 5.93. The first-order valence-electron chi connectivity index (χ1n) is 4.95. The van der Waals surface area contributed by atoms with Crippen molar-refractivity contribution in [2.75, 3.05) is 0 Å². The van der Waals surface area contributed by atoms with Crippen LogP contribution in [0.3, 0.4) is 0 Å². The first kappa shape index (κ1) is 13.3. The summed E-state index contributed by atoms with van der Waals surface area (Å²) in [6.07, 6.45) is 1.81. The molecule has 2 atom stereocenters. The van der Waals surface area contributed by atoms with Crippen molar-refractivity contribution in [2.24, 2.45) is 0 Å². The van der Waals surface area contributed by atoms with Crippen LogP contribution in [0, 0.1) is 0 Å². The molecule has 0 aromatic heterocycles. The molecule has 0 amide bonds. The van der Waals surface area contributed by atoms with E-state index in [1.807, 2.05) is 13.8 Å². The Morgan fingerprint density at radius 2 is 1.69 bits per heavy atom. The Morgan fingerprint density at radius 1 is 1.23 bits per heavy atom. The van der Waals surface area contributed by atoms with E-state index in [2.05, 4.69) is 33.4 Å². The molecule has 3 heteroatoms. The number of hydrogen-bond donors (Lipinski definition) is 1. The van der Waals surface area contributed by atoms with E-state index in [-0.39, 0.29) is 17.3 Å². The van der Waals surface area contributed by atoms with E-state index >= 15 is 0 Å². The van der Waals surface area contributed by atoms with Crippen LogP contribution in [0.2, 0.25) is 0 Å². The Balaban J connectivity index is 3.94. The van der Waals surface area contributed by atoms with Gasteiger partial charge >= 0.3 is 0 Å². The molecule has 0 heterocycles. The largest absolute Gasteiger partial charge is 0.347 e. The lowest BCUT2D eigenvalue weighted by Gasteiger charge is -2.31. The molecule has 0 saturated heterocycles. The van der Waals surface area contributed by atoms with Crippen LogP contribution in [0.4, 0.5) is 0 Å². The average molecular weight is 206 g/mol. The van der Waals surface area contributed by atoms with E-state index in [1.54, 1.807) is 0 Å². The lowest BCUT2D eigenvalue weighted by atomic mass is 10.0. The molecule has 13 heavy (non-hydrogen) atoms. The Bertz CT molecular complexity index is 133. The maximum Gasteiger partial charge on any atom is 0.157 e. The molecule has 0 N–H and O–H groups in total. The molecule has 0 rings (SSSR count). The minimum Gasteiger partial charge on any atom is -0.347 e. The molecule has 0 aliphatic heterocycles. The number of rotatable bonds is 6. The molecular formula is C10H22O2S. The summed E-state index contributed by atoms with van der Waals surface area (Å²) < 4.78 is 11.2. The van der Waals surface area contributed by atoms with Gasteiger partial charge in [0.2, 0.25) is 0 Å². The van der Waals surface area contributed by atoms with Crippen LogP contribution < -0.4 is 0 Å². The average Bonchev–Trinajstić information content (AvgIpc) is 2.02. The number of hydrogen-bond acceptors (Lipinski definition) is 3. The lowest BCUT2D eigenvalue weighted by molar-refractivity contribution is -0.201. The van der Waals surface area contributed by atoms with Gasteiger partial charge in [-0.15, -0.1) is 12.6 Å². The van der Waals surface area contributed by atoms with Crippen LogP contribution >= 0.6 is 12.6 Å².